The van der Waals surface area contributed by atoms with Gasteiger partial charge in [0.15, 0.2) is 8.07 Å². The molecule has 0 unspecified atom stereocenters. The van der Waals surface area contributed by atoms with Crippen LogP contribution in [0.15, 0.2) is 200 Å². The molecule has 3 heterocycles. The molecule has 6 aromatic carbocycles. The predicted molar refractivity (Wildman–Crippen MR) is 214 cm³/mol. The van der Waals surface area contributed by atoms with Crippen molar-refractivity contribution in [1.82, 2.24) is 9.97 Å². The van der Waals surface area contributed by atoms with E-state index in [-0.39, 0.29) is 0 Å². The minimum atomic E-state index is -2.74. The first-order valence-corrected chi connectivity index (χ1v) is 19.5. The largest absolute Gasteiger partial charge is 0.311 e. The van der Waals surface area contributed by atoms with Crippen LogP contribution < -0.4 is 25.6 Å². The third-order valence-electron chi connectivity index (χ3n) is 9.96. The average Bonchev–Trinajstić information content (AvgIpc) is 3.21. The van der Waals surface area contributed by atoms with Crippen molar-refractivity contribution >= 4 is 45.9 Å². The Kier molecular flexibility index (Phi) is 7.92. The highest BCUT2D eigenvalue weighted by atomic mass is 28.3. The van der Waals surface area contributed by atoms with Crippen LogP contribution in [-0.4, -0.2) is 18.0 Å². The summed E-state index contributed by atoms with van der Waals surface area (Å²) in [6.07, 6.45) is 0.654. The van der Waals surface area contributed by atoms with Gasteiger partial charge in [0.1, 0.15) is 0 Å². The number of aromatic nitrogens is 2. The summed E-state index contributed by atoms with van der Waals surface area (Å²) in [5, 5.41) is 5.49. The molecule has 0 atom stereocenters. The number of para-hydroxylation sites is 2. The number of anilines is 3. The first-order chi connectivity index (χ1) is 25.3. The molecule has 0 saturated carbocycles. The second-order valence-electron chi connectivity index (χ2n) is 13.0. The average molecular weight is 670 g/mol. The van der Waals surface area contributed by atoms with Gasteiger partial charge in [0.25, 0.3) is 0 Å². The van der Waals surface area contributed by atoms with Crippen LogP contribution in [0.5, 0.6) is 0 Å². The fraction of sp³-hybridized carbons (Fsp3) is 0.0213. The van der Waals surface area contributed by atoms with Gasteiger partial charge in [0.2, 0.25) is 0 Å². The van der Waals surface area contributed by atoms with Gasteiger partial charge in [0.05, 0.1) is 11.4 Å². The van der Waals surface area contributed by atoms with E-state index in [1.54, 1.807) is 0 Å². The Balaban J connectivity index is 1.21. The summed E-state index contributed by atoms with van der Waals surface area (Å²) in [5.41, 5.74) is 9.68. The summed E-state index contributed by atoms with van der Waals surface area (Å²) in [4.78, 5) is 12.7. The minimum Gasteiger partial charge on any atom is -0.311 e. The summed E-state index contributed by atoms with van der Waals surface area (Å²) in [7, 11) is -2.74. The summed E-state index contributed by atoms with van der Waals surface area (Å²) in [6.45, 7) is 0. The Hall–Kier alpha value is -6.36. The number of fused-ring (bicyclic) bond motifs is 2. The molecule has 0 N–H and O–H groups in total. The Morgan fingerprint density at radius 1 is 0.392 bits per heavy atom. The van der Waals surface area contributed by atoms with Gasteiger partial charge < -0.3 is 4.90 Å². The van der Waals surface area contributed by atoms with Gasteiger partial charge in [-0.2, -0.15) is 0 Å². The Morgan fingerprint density at radius 2 is 0.902 bits per heavy atom. The van der Waals surface area contributed by atoms with Gasteiger partial charge >= 0.3 is 0 Å². The SMILES string of the molecule is c1ccc(-c2cccc(Cc3cccc(-c4ccc5c(c4)N(c4ccccc4)c4ccccc4[Si]5(c4ccccc4)c4ccccc4)n3)n2)cc1. The van der Waals surface area contributed by atoms with E-state index in [1.807, 2.05) is 6.07 Å². The molecule has 242 valence electrons. The van der Waals surface area contributed by atoms with Crippen LogP contribution in [0, 0.1) is 0 Å². The molecule has 0 bridgehead atoms. The van der Waals surface area contributed by atoms with Gasteiger partial charge in [-0.25, -0.2) is 0 Å². The molecule has 0 saturated heterocycles. The number of pyridine rings is 2. The first kappa shape index (κ1) is 30.7. The van der Waals surface area contributed by atoms with E-state index in [9.17, 15) is 0 Å². The van der Waals surface area contributed by atoms with Crippen LogP contribution >= 0.6 is 0 Å². The Morgan fingerprint density at radius 3 is 1.53 bits per heavy atom. The third-order valence-corrected chi connectivity index (χ3v) is 14.8. The van der Waals surface area contributed by atoms with Crippen LogP contribution in [0.2, 0.25) is 0 Å². The Labute approximate surface area is 300 Å². The second kappa shape index (κ2) is 13.2. The number of benzene rings is 6. The van der Waals surface area contributed by atoms with Crippen molar-refractivity contribution in [3.05, 3.63) is 212 Å². The zero-order valence-electron chi connectivity index (χ0n) is 28.1. The number of hydrogen-bond donors (Lipinski definition) is 0. The molecule has 8 aromatic rings. The molecule has 3 nitrogen and oxygen atoms in total. The van der Waals surface area contributed by atoms with Gasteiger partial charge in [-0.05, 0) is 69.3 Å². The quantitative estimate of drug-likeness (QED) is 0.159. The van der Waals surface area contributed by atoms with Crippen molar-refractivity contribution in [3.8, 4) is 22.5 Å². The van der Waals surface area contributed by atoms with Crippen LogP contribution in [0.3, 0.4) is 0 Å². The number of hydrogen-bond acceptors (Lipinski definition) is 3. The third kappa shape index (κ3) is 5.47. The van der Waals surface area contributed by atoms with Crippen molar-refractivity contribution in [2.75, 3.05) is 4.90 Å². The smallest absolute Gasteiger partial charge is 0.184 e. The lowest BCUT2D eigenvalue weighted by molar-refractivity contribution is 1.02. The molecule has 51 heavy (non-hydrogen) atoms. The van der Waals surface area contributed by atoms with Gasteiger partial charge in [-0.3, -0.25) is 9.97 Å². The molecule has 0 fully saturated rings. The maximum atomic E-state index is 5.24. The molecule has 4 heteroatoms. The second-order valence-corrected chi connectivity index (χ2v) is 16.7. The molecule has 0 radical (unpaired) electrons. The highest BCUT2D eigenvalue weighted by Crippen LogP contribution is 2.39. The summed E-state index contributed by atoms with van der Waals surface area (Å²) >= 11 is 0. The van der Waals surface area contributed by atoms with Crippen LogP contribution in [0.25, 0.3) is 22.5 Å². The minimum absolute atomic E-state index is 0.654. The maximum Gasteiger partial charge on any atom is 0.184 e. The molecule has 1 aliphatic rings. The molecular formula is C47H35N3Si. The van der Waals surface area contributed by atoms with E-state index in [1.165, 1.54) is 32.1 Å². The normalized spacial score (nSPS) is 12.9. The zero-order chi connectivity index (χ0) is 34.0. The van der Waals surface area contributed by atoms with E-state index in [4.69, 9.17) is 9.97 Å². The monoisotopic (exact) mass is 669 g/mol. The van der Waals surface area contributed by atoms with E-state index in [0.29, 0.717) is 6.42 Å². The maximum absolute atomic E-state index is 5.24. The predicted octanol–water partition coefficient (Wildman–Crippen LogP) is 8.56. The lowest BCUT2D eigenvalue weighted by Crippen LogP contribution is -2.77. The topological polar surface area (TPSA) is 29.0 Å². The van der Waals surface area contributed by atoms with Crippen molar-refractivity contribution in [3.63, 3.8) is 0 Å². The van der Waals surface area contributed by atoms with Crippen molar-refractivity contribution in [1.29, 1.82) is 0 Å². The summed E-state index contributed by atoms with van der Waals surface area (Å²) < 4.78 is 0. The molecule has 9 rings (SSSR count). The Bertz CT molecular complexity index is 2410. The van der Waals surface area contributed by atoms with E-state index in [2.05, 4.69) is 199 Å². The van der Waals surface area contributed by atoms with Gasteiger partial charge in [0, 0.05) is 46.0 Å². The van der Waals surface area contributed by atoms with Crippen LogP contribution in [0.1, 0.15) is 11.4 Å². The lowest BCUT2D eigenvalue weighted by Gasteiger charge is -2.45. The van der Waals surface area contributed by atoms with E-state index < -0.39 is 8.07 Å². The van der Waals surface area contributed by atoms with Crippen molar-refractivity contribution < 1.29 is 0 Å². The summed E-state index contributed by atoms with van der Waals surface area (Å²) in [5.74, 6) is 0. The van der Waals surface area contributed by atoms with Crippen LogP contribution in [-0.2, 0) is 6.42 Å². The zero-order valence-corrected chi connectivity index (χ0v) is 29.1. The highest BCUT2D eigenvalue weighted by molar-refractivity contribution is 7.21. The molecular weight excluding hydrogens is 635 g/mol. The fourth-order valence-corrected chi connectivity index (χ4v) is 12.8. The lowest BCUT2D eigenvalue weighted by atomic mass is 10.1. The van der Waals surface area contributed by atoms with Gasteiger partial charge in [-0.15, -0.1) is 0 Å². The van der Waals surface area contributed by atoms with E-state index in [0.717, 1.165) is 39.6 Å². The number of nitrogens with zero attached hydrogens (tertiary/aromatic N) is 3. The molecule has 1 aliphatic heterocycles. The van der Waals surface area contributed by atoms with E-state index >= 15 is 0 Å². The fourth-order valence-electron chi connectivity index (χ4n) is 7.75. The van der Waals surface area contributed by atoms with Gasteiger partial charge in [-0.1, -0.05) is 152 Å². The first-order valence-electron chi connectivity index (χ1n) is 17.5. The highest BCUT2D eigenvalue weighted by Gasteiger charge is 2.48. The van der Waals surface area contributed by atoms with Crippen molar-refractivity contribution in [2.45, 2.75) is 6.42 Å². The summed E-state index contributed by atoms with van der Waals surface area (Å²) in [6, 6.07) is 72.1. The standard InChI is InChI=1S/C47H35N3Si/c1-5-17-35(18-6-1)42-27-15-19-37(48-42)34-38-20-16-28-43(49-38)36-31-32-47-45(33-36)50(39-21-7-2-8-22-39)44-29-13-14-30-46(44)51(47,40-23-9-3-10-24-40)41-25-11-4-12-26-41/h1-33H,34H2. The van der Waals surface area contributed by atoms with Crippen molar-refractivity contribution in [2.24, 2.45) is 0 Å². The van der Waals surface area contributed by atoms with Crippen LogP contribution in [0.4, 0.5) is 17.1 Å². The molecule has 0 aliphatic carbocycles. The molecule has 2 aromatic heterocycles. The number of rotatable bonds is 7. The molecule has 0 amide bonds. The molecule has 0 spiro atoms.